The van der Waals surface area contributed by atoms with Crippen LogP contribution >= 0.6 is 0 Å². The molecule has 0 amide bonds. The molecule has 2 rings (SSSR count). The van der Waals surface area contributed by atoms with Crippen molar-refractivity contribution in [3.63, 3.8) is 0 Å². The van der Waals surface area contributed by atoms with Crippen molar-refractivity contribution in [2.45, 2.75) is 18.8 Å². The lowest BCUT2D eigenvalue weighted by atomic mass is 10.1. The van der Waals surface area contributed by atoms with Gasteiger partial charge in [0.05, 0.1) is 0 Å². The average molecular weight is 117 g/mol. The molecule has 1 aliphatic rings. The van der Waals surface area contributed by atoms with Crippen molar-refractivity contribution >= 4 is 0 Å². The molecule has 1 radical (unpaired) electrons. The van der Waals surface area contributed by atoms with Gasteiger partial charge in [-0.1, -0.05) is 24.3 Å². The van der Waals surface area contributed by atoms with E-state index in [0.717, 1.165) is 5.92 Å². The quantitative estimate of drug-likeness (QED) is 0.529. The second-order valence-electron chi connectivity index (χ2n) is 2.59. The Morgan fingerprint density at radius 1 is 1.33 bits per heavy atom. The smallest absolute Gasteiger partial charge is 0.0146 e. The Kier molecular flexibility index (Phi) is 1.05. The third-order valence-corrected chi connectivity index (χ3v) is 1.75. The summed E-state index contributed by atoms with van der Waals surface area (Å²) in [6.07, 6.45) is 2.75. The minimum absolute atomic E-state index is 0.853. The monoisotopic (exact) mass is 117 g/mol. The van der Waals surface area contributed by atoms with Crippen LogP contribution in [-0.4, -0.2) is 0 Å². The molecule has 1 aromatic carbocycles. The first-order valence-corrected chi connectivity index (χ1v) is 3.43. The first-order chi connectivity index (χ1) is 4.47. The summed E-state index contributed by atoms with van der Waals surface area (Å²) in [4.78, 5) is 0. The molecule has 0 aromatic heterocycles. The maximum Gasteiger partial charge on any atom is -0.0146 e. The molecule has 45 valence electrons. The van der Waals surface area contributed by atoms with Crippen molar-refractivity contribution in [3.8, 4) is 0 Å². The Balaban J connectivity index is 2.29. The lowest BCUT2D eigenvalue weighted by molar-refractivity contribution is 1.13. The maximum atomic E-state index is 3.23. The molecule has 1 aromatic rings. The average Bonchev–Trinajstić information content (AvgIpc) is 2.71. The summed E-state index contributed by atoms with van der Waals surface area (Å²) in [6, 6.07) is 11.5. The zero-order valence-electron chi connectivity index (χ0n) is 5.30. The Hall–Kier alpha value is -0.780. The first-order valence-electron chi connectivity index (χ1n) is 3.43. The van der Waals surface area contributed by atoms with Crippen molar-refractivity contribution < 1.29 is 0 Å². The van der Waals surface area contributed by atoms with Gasteiger partial charge in [0.2, 0.25) is 0 Å². The highest BCUT2D eigenvalue weighted by atomic mass is 14.3. The second kappa shape index (κ2) is 1.87. The lowest BCUT2D eigenvalue weighted by Crippen LogP contribution is -1.74. The molecule has 0 atom stereocenters. The van der Waals surface area contributed by atoms with Gasteiger partial charge < -0.3 is 0 Å². The molecule has 0 unspecified atom stereocenters. The highest BCUT2D eigenvalue weighted by molar-refractivity contribution is 5.21. The molecular formula is C9H9. The summed E-state index contributed by atoms with van der Waals surface area (Å²) in [5.41, 5.74) is 1.40. The first kappa shape index (κ1) is 5.04. The van der Waals surface area contributed by atoms with Gasteiger partial charge in [-0.25, -0.2) is 0 Å². The standard InChI is InChI=1S/C9H9/c1-2-4-8(5-3-1)9-6-7-9/h1-4,9H,6-7H2. The topological polar surface area (TPSA) is 0 Å². The van der Waals surface area contributed by atoms with Crippen LogP contribution in [0.15, 0.2) is 24.3 Å². The van der Waals surface area contributed by atoms with Gasteiger partial charge in [-0.05, 0) is 30.4 Å². The van der Waals surface area contributed by atoms with Crippen LogP contribution in [0.1, 0.15) is 24.3 Å². The van der Waals surface area contributed by atoms with Crippen LogP contribution in [0, 0.1) is 6.07 Å². The van der Waals surface area contributed by atoms with Crippen molar-refractivity contribution in [1.82, 2.24) is 0 Å². The van der Waals surface area contributed by atoms with Gasteiger partial charge in [-0.3, -0.25) is 0 Å². The molecule has 0 aliphatic heterocycles. The van der Waals surface area contributed by atoms with E-state index in [1.54, 1.807) is 0 Å². The van der Waals surface area contributed by atoms with Gasteiger partial charge in [-0.2, -0.15) is 0 Å². The fraction of sp³-hybridized carbons (Fsp3) is 0.333. The highest BCUT2D eigenvalue weighted by Crippen LogP contribution is 2.39. The molecule has 0 bridgehead atoms. The summed E-state index contributed by atoms with van der Waals surface area (Å²) < 4.78 is 0. The Morgan fingerprint density at radius 3 is 2.78 bits per heavy atom. The Bertz CT molecular complexity index is 184. The largest absolute Gasteiger partial charge is 0.0619 e. The number of hydrogen-bond donors (Lipinski definition) is 0. The molecule has 0 heteroatoms. The molecule has 0 spiro atoms. The van der Waals surface area contributed by atoms with E-state index in [9.17, 15) is 0 Å². The van der Waals surface area contributed by atoms with Crippen molar-refractivity contribution in [2.24, 2.45) is 0 Å². The molecule has 1 aliphatic carbocycles. The van der Waals surface area contributed by atoms with Crippen LogP contribution in [-0.2, 0) is 0 Å². The molecule has 0 N–H and O–H groups in total. The summed E-state index contributed by atoms with van der Waals surface area (Å²) in [5, 5.41) is 0. The van der Waals surface area contributed by atoms with E-state index >= 15 is 0 Å². The van der Waals surface area contributed by atoms with Gasteiger partial charge >= 0.3 is 0 Å². The molecule has 1 fully saturated rings. The molecule has 1 saturated carbocycles. The van der Waals surface area contributed by atoms with E-state index in [4.69, 9.17) is 0 Å². The highest BCUT2D eigenvalue weighted by Gasteiger charge is 2.22. The Morgan fingerprint density at radius 2 is 2.22 bits per heavy atom. The SMILES string of the molecule is [c]1ccccc1C1CC1. The summed E-state index contributed by atoms with van der Waals surface area (Å²) in [5.74, 6) is 0.853. The molecular weight excluding hydrogens is 108 g/mol. The van der Waals surface area contributed by atoms with E-state index in [1.165, 1.54) is 18.4 Å². The van der Waals surface area contributed by atoms with Crippen LogP contribution in [0.5, 0.6) is 0 Å². The summed E-state index contributed by atoms with van der Waals surface area (Å²) in [7, 11) is 0. The zero-order valence-corrected chi connectivity index (χ0v) is 5.30. The van der Waals surface area contributed by atoms with Gasteiger partial charge in [0.1, 0.15) is 0 Å². The van der Waals surface area contributed by atoms with E-state index < -0.39 is 0 Å². The summed E-state index contributed by atoms with van der Waals surface area (Å²) >= 11 is 0. The van der Waals surface area contributed by atoms with Crippen molar-refractivity contribution in [2.75, 3.05) is 0 Å². The van der Waals surface area contributed by atoms with Gasteiger partial charge in [0, 0.05) is 0 Å². The predicted molar refractivity (Wildman–Crippen MR) is 37.3 cm³/mol. The van der Waals surface area contributed by atoms with Crippen LogP contribution in [0.3, 0.4) is 0 Å². The molecule has 0 nitrogen and oxygen atoms in total. The molecule has 0 saturated heterocycles. The fourth-order valence-electron chi connectivity index (χ4n) is 1.06. The van der Waals surface area contributed by atoms with Crippen LogP contribution < -0.4 is 0 Å². The van der Waals surface area contributed by atoms with Gasteiger partial charge in [-0.15, -0.1) is 0 Å². The number of rotatable bonds is 1. The lowest BCUT2D eigenvalue weighted by Gasteiger charge is -1.91. The zero-order chi connectivity index (χ0) is 6.10. The fourth-order valence-corrected chi connectivity index (χ4v) is 1.06. The van der Waals surface area contributed by atoms with E-state index in [2.05, 4.69) is 18.2 Å². The second-order valence-corrected chi connectivity index (χ2v) is 2.59. The number of benzene rings is 1. The molecule has 9 heavy (non-hydrogen) atoms. The maximum absolute atomic E-state index is 3.23. The van der Waals surface area contributed by atoms with Gasteiger partial charge in [0.15, 0.2) is 0 Å². The minimum atomic E-state index is 0.853. The van der Waals surface area contributed by atoms with E-state index in [0.29, 0.717) is 0 Å². The molecule has 0 heterocycles. The van der Waals surface area contributed by atoms with Crippen molar-refractivity contribution in [1.29, 1.82) is 0 Å². The number of hydrogen-bond acceptors (Lipinski definition) is 0. The van der Waals surface area contributed by atoms with E-state index in [-0.39, 0.29) is 0 Å². The predicted octanol–water partition coefficient (Wildman–Crippen LogP) is 2.36. The Labute approximate surface area is 55.5 Å². The third kappa shape index (κ3) is 0.973. The summed E-state index contributed by atoms with van der Waals surface area (Å²) in [6.45, 7) is 0. The van der Waals surface area contributed by atoms with Crippen LogP contribution in [0.4, 0.5) is 0 Å². The third-order valence-electron chi connectivity index (χ3n) is 1.75. The minimum Gasteiger partial charge on any atom is -0.0619 e. The normalized spacial score (nSPS) is 17.8. The van der Waals surface area contributed by atoms with Crippen LogP contribution in [0.2, 0.25) is 0 Å². The van der Waals surface area contributed by atoms with Crippen LogP contribution in [0.25, 0.3) is 0 Å². The van der Waals surface area contributed by atoms with Gasteiger partial charge in [0.25, 0.3) is 0 Å². The van der Waals surface area contributed by atoms with Crippen molar-refractivity contribution in [3.05, 3.63) is 35.9 Å². The van der Waals surface area contributed by atoms with E-state index in [1.807, 2.05) is 12.1 Å².